The summed E-state index contributed by atoms with van der Waals surface area (Å²) in [5.74, 6) is 1.63. The molecule has 7 heteroatoms. The smallest absolute Gasteiger partial charge is 0.253 e. The summed E-state index contributed by atoms with van der Waals surface area (Å²) in [7, 11) is 0. The van der Waals surface area contributed by atoms with Crippen molar-refractivity contribution in [1.29, 1.82) is 0 Å². The SMILES string of the molecule is Cc1cc(C)n(CC(C)CNC(=O)c2cc(C)n(-c3cc(C)on3)c2C)n1. The molecular weight excluding hydrogens is 342 g/mol. The van der Waals surface area contributed by atoms with Gasteiger partial charge >= 0.3 is 0 Å². The summed E-state index contributed by atoms with van der Waals surface area (Å²) in [5.41, 5.74) is 4.61. The monoisotopic (exact) mass is 369 g/mol. The first-order valence-electron chi connectivity index (χ1n) is 9.18. The molecule has 0 saturated heterocycles. The molecule has 1 N–H and O–H groups in total. The maximum Gasteiger partial charge on any atom is 0.253 e. The minimum absolute atomic E-state index is 0.0743. The van der Waals surface area contributed by atoms with Crippen LogP contribution >= 0.6 is 0 Å². The van der Waals surface area contributed by atoms with E-state index in [0.717, 1.165) is 35.1 Å². The first kappa shape index (κ1) is 18.9. The lowest BCUT2D eigenvalue weighted by Gasteiger charge is -2.14. The van der Waals surface area contributed by atoms with Gasteiger partial charge in [0.25, 0.3) is 5.91 Å². The van der Waals surface area contributed by atoms with Gasteiger partial charge in [0.05, 0.1) is 11.3 Å². The molecule has 0 aliphatic carbocycles. The Labute approximate surface area is 159 Å². The molecule has 0 aliphatic rings. The number of carbonyl (C=O) groups is 1. The second-order valence-corrected chi connectivity index (χ2v) is 7.34. The third-order valence-electron chi connectivity index (χ3n) is 4.72. The molecule has 144 valence electrons. The van der Waals surface area contributed by atoms with Crippen LogP contribution in [0.4, 0.5) is 0 Å². The fraction of sp³-hybridized carbons (Fsp3) is 0.450. The fourth-order valence-corrected chi connectivity index (χ4v) is 3.39. The molecule has 0 bridgehead atoms. The Morgan fingerprint density at radius 3 is 2.48 bits per heavy atom. The van der Waals surface area contributed by atoms with E-state index in [1.807, 2.05) is 56.0 Å². The Kier molecular flexibility index (Phi) is 5.21. The summed E-state index contributed by atoms with van der Waals surface area (Å²) < 4.78 is 9.09. The highest BCUT2D eigenvalue weighted by molar-refractivity contribution is 5.95. The van der Waals surface area contributed by atoms with Crippen molar-refractivity contribution < 1.29 is 9.32 Å². The van der Waals surface area contributed by atoms with Gasteiger partial charge in [-0.1, -0.05) is 12.1 Å². The number of rotatable bonds is 6. The van der Waals surface area contributed by atoms with E-state index >= 15 is 0 Å². The van der Waals surface area contributed by atoms with Gasteiger partial charge < -0.3 is 9.84 Å². The maximum absolute atomic E-state index is 12.7. The van der Waals surface area contributed by atoms with Gasteiger partial charge in [0.15, 0.2) is 5.82 Å². The highest BCUT2D eigenvalue weighted by Crippen LogP contribution is 2.20. The number of nitrogens with zero attached hydrogens (tertiary/aromatic N) is 4. The van der Waals surface area contributed by atoms with Crippen LogP contribution in [0.1, 0.15) is 45.8 Å². The lowest BCUT2D eigenvalue weighted by atomic mass is 10.1. The summed E-state index contributed by atoms with van der Waals surface area (Å²) >= 11 is 0. The Hall–Kier alpha value is -2.83. The Balaban J connectivity index is 1.67. The highest BCUT2D eigenvalue weighted by Gasteiger charge is 2.19. The molecule has 7 nitrogen and oxygen atoms in total. The molecule has 0 radical (unpaired) electrons. The topological polar surface area (TPSA) is 77.9 Å². The molecule has 3 aromatic rings. The molecule has 1 amide bonds. The van der Waals surface area contributed by atoms with Crippen LogP contribution in [-0.4, -0.2) is 32.0 Å². The molecule has 1 atom stereocenters. The predicted molar refractivity (Wildman–Crippen MR) is 103 cm³/mol. The van der Waals surface area contributed by atoms with Gasteiger partial charge in [-0.25, -0.2) is 0 Å². The number of hydrogen-bond acceptors (Lipinski definition) is 4. The van der Waals surface area contributed by atoms with E-state index in [9.17, 15) is 4.79 Å². The van der Waals surface area contributed by atoms with Crippen LogP contribution in [0.15, 0.2) is 22.7 Å². The number of aryl methyl sites for hydroxylation is 4. The third-order valence-corrected chi connectivity index (χ3v) is 4.72. The highest BCUT2D eigenvalue weighted by atomic mass is 16.5. The van der Waals surface area contributed by atoms with Gasteiger partial charge in [0, 0.05) is 36.2 Å². The van der Waals surface area contributed by atoms with Crippen molar-refractivity contribution in [3.63, 3.8) is 0 Å². The van der Waals surface area contributed by atoms with Crippen molar-refractivity contribution in [3.05, 3.63) is 52.3 Å². The number of aromatic nitrogens is 4. The zero-order chi connectivity index (χ0) is 19.7. The fourth-order valence-electron chi connectivity index (χ4n) is 3.39. The molecule has 1 unspecified atom stereocenters. The first-order chi connectivity index (χ1) is 12.8. The van der Waals surface area contributed by atoms with Crippen LogP contribution in [-0.2, 0) is 6.54 Å². The normalized spacial score (nSPS) is 12.4. The number of amides is 1. The van der Waals surface area contributed by atoms with Crippen molar-refractivity contribution in [1.82, 2.24) is 24.8 Å². The van der Waals surface area contributed by atoms with E-state index in [1.165, 1.54) is 0 Å². The number of hydrogen-bond donors (Lipinski definition) is 1. The standard InChI is InChI=1S/C20H27N5O2/c1-12(11-24-14(3)7-13(2)22-24)10-21-20(26)18-8-15(4)25(17(18)6)19-9-16(5)27-23-19/h7-9,12H,10-11H2,1-6H3,(H,21,26). The molecule has 0 saturated carbocycles. The second-order valence-electron chi connectivity index (χ2n) is 7.34. The van der Waals surface area contributed by atoms with Crippen molar-refractivity contribution in [2.24, 2.45) is 5.92 Å². The van der Waals surface area contributed by atoms with E-state index < -0.39 is 0 Å². The summed E-state index contributed by atoms with van der Waals surface area (Å²) in [6.45, 7) is 13.2. The summed E-state index contributed by atoms with van der Waals surface area (Å²) in [4.78, 5) is 12.7. The van der Waals surface area contributed by atoms with E-state index in [1.54, 1.807) is 0 Å². The minimum Gasteiger partial charge on any atom is -0.360 e. The van der Waals surface area contributed by atoms with Crippen LogP contribution in [0, 0.1) is 40.5 Å². The van der Waals surface area contributed by atoms with Gasteiger partial charge in [-0.3, -0.25) is 14.0 Å². The molecule has 3 aromatic heterocycles. The molecular formula is C20H27N5O2. The quantitative estimate of drug-likeness (QED) is 0.723. The van der Waals surface area contributed by atoms with Crippen LogP contribution in [0.25, 0.3) is 5.82 Å². The minimum atomic E-state index is -0.0743. The van der Waals surface area contributed by atoms with Gasteiger partial charge in [-0.05, 0) is 52.7 Å². The van der Waals surface area contributed by atoms with E-state index in [0.29, 0.717) is 17.9 Å². The lowest BCUT2D eigenvalue weighted by Crippen LogP contribution is -2.30. The number of carbonyl (C=O) groups excluding carboxylic acids is 1. The number of nitrogens with one attached hydrogen (secondary N) is 1. The first-order valence-corrected chi connectivity index (χ1v) is 9.18. The van der Waals surface area contributed by atoms with E-state index in [-0.39, 0.29) is 11.8 Å². The van der Waals surface area contributed by atoms with Crippen molar-refractivity contribution in [2.75, 3.05) is 6.54 Å². The zero-order valence-corrected chi connectivity index (χ0v) is 16.8. The average molecular weight is 369 g/mol. The zero-order valence-electron chi connectivity index (χ0n) is 16.8. The Morgan fingerprint density at radius 1 is 1.15 bits per heavy atom. The lowest BCUT2D eigenvalue weighted by molar-refractivity contribution is 0.0946. The average Bonchev–Trinajstić information content (AvgIpc) is 3.23. The van der Waals surface area contributed by atoms with Crippen molar-refractivity contribution >= 4 is 5.91 Å². The van der Waals surface area contributed by atoms with Crippen LogP contribution in [0.2, 0.25) is 0 Å². The molecule has 0 aliphatic heterocycles. The van der Waals surface area contributed by atoms with Crippen LogP contribution in [0.3, 0.4) is 0 Å². The maximum atomic E-state index is 12.7. The molecule has 3 rings (SSSR count). The third kappa shape index (κ3) is 3.97. The van der Waals surface area contributed by atoms with Gasteiger partial charge in [0.1, 0.15) is 5.76 Å². The van der Waals surface area contributed by atoms with Gasteiger partial charge in [-0.15, -0.1) is 0 Å². The van der Waals surface area contributed by atoms with Crippen molar-refractivity contribution in [2.45, 2.75) is 48.1 Å². The summed E-state index contributed by atoms with van der Waals surface area (Å²) in [6, 6.07) is 5.81. The molecule has 27 heavy (non-hydrogen) atoms. The summed E-state index contributed by atoms with van der Waals surface area (Å²) in [6.07, 6.45) is 0. The Morgan fingerprint density at radius 2 is 1.89 bits per heavy atom. The van der Waals surface area contributed by atoms with Crippen LogP contribution in [0.5, 0.6) is 0 Å². The van der Waals surface area contributed by atoms with Gasteiger partial charge in [-0.2, -0.15) is 5.10 Å². The molecule has 0 aromatic carbocycles. The van der Waals surface area contributed by atoms with Crippen LogP contribution < -0.4 is 5.32 Å². The van der Waals surface area contributed by atoms with E-state index in [4.69, 9.17) is 4.52 Å². The Bertz CT molecular complexity index is 963. The molecule has 0 spiro atoms. The van der Waals surface area contributed by atoms with Crippen molar-refractivity contribution in [3.8, 4) is 5.82 Å². The summed E-state index contributed by atoms with van der Waals surface area (Å²) in [5, 5.41) is 11.6. The second kappa shape index (κ2) is 7.42. The van der Waals surface area contributed by atoms with Gasteiger partial charge in [0.2, 0.25) is 0 Å². The largest absolute Gasteiger partial charge is 0.360 e. The molecule has 0 fully saturated rings. The predicted octanol–water partition coefficient (Wildman–Crippen LogP) is 3.27. The molecule has 3 heterocycles. The van der Waals surface area contributed by atoms with E-state index in [2.05, 4.69) is 28.6 Å².